The van der Waals surface area contributed by atoms with Gasteiger partial charge in [-0.15, -0.1) is 16.7 Å². The Hall–Kier alpha value is -0.683. The van der Waals surface area contributed by atoms with Crippen molar-refractivity contribution in [1.82, 2.24) is 0 Å². The molecule has 0 saturated carbocycles. The number of rotatable bonds is 2. The number of aryl methyl sites for hydroxylation is 1. The summed E-state index contributed by atoms with van der Waals surface area (Å²) in [6, 6.07) is 6.33. The molecule has 0 radical (unpaired) electrons. The van der Waals surface area contributed by atoms with Gasteiger partial charge in [-0.25, -0.2) is 12.1 Å². The molecule has 0 unspecified atom stereocenters. The number of aliphatic carboxylic acids is 1. The largest absolute Gasteiger partial charge is 1.00 e. The number of carbonyl (C=O) groups is 1. The van der Waals surface area contributed by atoms with Gasteiger partial charge in [-0.1, -0.05) is 6.92 Å². The van der Waals surface area contributed by atoms with Gasteiger partial charge in [0, 0.05) is 0 Å². The van der Waals surface area contributed by atoms with Crippen LogP contribution in [0.5, 0.6) is 0 Å². The fourth-order valence-corrected chi connectivity index (χ4v) is 1.11. The van der Waals surface area contributed by atoms with Crippen molar-refractivity contribution in [3.05, 3.63) is 47.9 Å². The van der Waals surface area contributed by atoms with Gasteiger partial charge in [-0.2, -0.15) is 17.7 Å². The third kappa shape index (κ3) is 5.69. The Bertz CT molecular complexity index is 362. The van der Waals surface area contributed by atoms with E-state index in [-0.39, 0.29) is 26.3 Å². The number of carboxylic acids is 1. The molecule has 0 aliphatic rings. The van der Waals surface area contributed by atoms with E-state index in [0.717, 1.165) is 5.56 Å². The van der Waals surface area contributed by atoms with E-state index < -0.39 is 5.97 Å². The summed E-state index contributed by atoms with van der Waals surface area (Å²) >= 11 is 5.82. The van der Waals surface area contributed by atoms with Gasteiger partial charge in [-0.05, 0) is 0 Å². The van der Waals surface area contributed by atoms with Crippen molar-refractivity contribution < 1.29 is 28.8 Å². The molecule has 0 saturated heterocycles. The van der Waals surface area contributed by atoms with E-state index >= 15 is 0 Å². The molecule has 0 heterocycles. The van der Waals surface area contributed by atoms with Crippen molar-refractivity contribution in [2.45, 2.75) is 6.92 Å². The zero-order chi connectivity index (χ0) is 9.84. The molecule has 1 aromatic rings. The molecule has 76 valence electrons. The van der Waals surface area contributed by atoms with Crippen LogP contribution in [0.2, 0.25) is 5.02 Å². The van der Waals surface area contributed by atoms with Crippen LogP contribution in [-0.2, 0) is 4.79 Å². The maximum Gasteiger partial charge on any atom is 1.00 e. The molecule has 0 aliphatic carbocycles. The van der Waals surface area contributed by atoms with Crippen LogP contribution in [0.4, 0.5) is 0 Å². The van der Waals surface area contributed by atoms with Crippen molar-refractivity contribution in [2.75, 3.05) is 0 Å². The first kappa shape index (κ1) is 16.7. The smallest absolute Gasteiger partial charge is 0.493 e. The molecule has 0 atom stereocenters. The molecule has 1 N–H and O–H groups in total. The van der Waals surface area contributed by atoms with Crippen LogP contribution in [0.1, 0.15) is 11.1 Å². The minimum Gasteiger partial charge on any atom is -0.493 e. The van der Waals surface area contributed by atoms with Gasteiger partial charge in [0.25, 0.3) is 0 Å². The Morgan fingerprint density at radius 3 is 2.73 bits per heavy atom. The third-order valence-corrected chi connectivity index (χ3v) is 1.72. The van der Waals surface area contributed by atoms with Crippen molar-refractivity contribution in [2.24, 2.45) is 0 Å². The van der Waals surface area contributed by atoms with Crippen molar-refractivity contribution in [3.63, 3.8) is 0 Å². The zero-order valence-electron chi connectivity index (χ0n) is 8.97. The van der Waals surface area contributed by atoms with Crippen LogP contribution in [0.15, 0.2) is 12.1 Å². The molecule has 0 aromatic heterocycles. The van der Waals surface area contributed by atoms with Crippen molar-refractivity contribution in [3.8, 4) is 0 Å². The zero-order valence-corrected chi connectivity index (χ0v) is 9.72. The Morgan fingerprint density at radius 2 is 2.27 bits per heavy atom. The van der Waals surface area contributed by atoms with Gasteiger partial charge in [0.15, 0.2) is 0 Å². The van der Waals surface area contributed by atoms with Crippen LogP contribution >= 0.6 is 11.6 Å². The summed E-state index contributed by atoms with van der Waals surface area (Å²) in [6.07, 6.45) is 3.39. The Balaban J connectivity index is 0. The van der Waals surface area contributed by atoms with Crippen molar-refractivity contribution in [1.29, 1.82) is 0 Å². The maximum absolute atomic E-state index is 10.2. The normalized spacial score (nSPS) is 9.20. The molecule has 0 amide bonds. The standard InChI is InChI=1S/C10H7ClO2.CH3.Li/c1-7-2-3-8(9(11)6-7)4-5-10(12)13;;/h2,4,6H,1H3,(H,12,13);1H3;/q-2;-1;+1. The SMILES string of the molecule is Cc1c[c-]c(C=[C-]C(=O)O)c(Cl)c1.[CH3-].[Li+]. The summed E-state index contributed by atoms with van der Waals surface area (Å²) in [7, 11) is 0. The molecule has 0 aliphatic heterocycles. The molecule has 15 heavy (non-hydrogen) atoms. The summed E-state index contributed by atoms with van der Waals surface area (Å²) in [4.78, 5) is 10.2. The van der Waals surface area contributed by atoms with Gasteiger partial charge in [-0.3, -0.25) is 10.4 Å². The quantitative estimate of drug-likeness (QED) is 0.423. The fourth-order valence-electron chi connectivity index (χ4n) is 0.824. The average molecular weight is 217 g/mol. The molecule has 1 aromatic carbocycles. The fraction of sp³-hybridized carbons (Fsp3) is 0.0909. The summed E-state index contributed by atoms with van der Waals surface area (Å²) in [5.74, 6) is -1.12. The number of benzene rings is 1. The summed E-state index contributed by atoms with van der Waals surface area (Å²) in [5.41, 5.74) is 1.52. The number of hydrogen-bond donors (Lipinski definition) is 1. The first-order valence-corrected chi connectivity index (χ1v) is 3.98. The molecule has 4 heteroatoms. The maximum atomic E-state index is 10.2. The summed E-state index contributed by atoms with van der Waals surface area (Å²) in [5, 5.41) is 8.80. The Kier molecular flexibility index (Phi) is 8.47. The predicted octanol–water partition coefficient (Wildman–Crippen LogP) is -0.196. The molecule has 0 fully saturated rings. The summed E-state index contributed by atoms with van der Waals surface area (Å²) in [6.45, 7) is 1.89. The van der Waals surface area contributed by atoms with E-state index in [1.807, 2.05) is 6.92 Å². The van der Waals surface area contributed by atoms with Gasteiger partial charge in [0.2, 0.25) is 5.97 Å². The van der Waals surface area contributed by atoms with Crippen LogP contribution < -0.4 is 18.9 Å². The minimum atomic E-state index is -1.12. The second-order valence-electron chi connectivity index (χ2n) is 2.53. The van der Waals surface area contributed by atoms with Gasteiger partial charge in [0.1, 0.15) is 0 Å². The first-order valence-electron chi connectivity index (χ1n) is 3.60. The minimum absolute atomic E-state index is 0. The topological polar surface area (TPSA) is 37.3 Å². The molecule has 0 spiro atoms. The van der Waals surface area contributed by atoms with Gasteiger partial charge < -0.3 is 18.6 Å². The van der Waals surface area contributed by atoms with E-state index in [2.05, 4.69) is 12.1 Å². The number of carboxylic acid groups (broad SMARTS) is 1. The second-order valence-corrected chi connectivity index (χ2v) is 2.94. The Morgan fingerprint density at radius 1 is 1.67 bits per heavy atom. The van der Waals surface area contributed by atoms with Gasteiger partial charge >= 0.3 is 18.9 Å². The van der Waals surface area contributed by atoms with Crippen LogP contribution in [0, 0.1) is 26.5 Å². The van der Waals surface area contributed by atoms with Gasteiger partial charge in [0.05, 0.1) is 0 Å². The molecular weight excluding hydrogens is 207 g/mol. The third-order valence-electron chi connectivity index (χ3n) is 1.41. The van der Waals surface area contributed by atoms with E-state index in [4.69, 9.17) is 16.7 Å². The second kappa shape index (κ2) is 7.59. The first-order chi connectivity index (χ1) is 6.09. The Labute approximate surface area is 107 Å². The molecular formula is C11H10ClLiO2-2. The van der Waals surface area contributed by atoms with Crippen LogP contribution in [0.25, 0.3) is 6.08 Å². The average Bonchev–Trinajstić information content (AvgIpc) is 2.02. The summed E-state index contributed by atoms with van der Waals surface area (Å²) < 4.78 is 0. The van der Waals surface area contributed by atoms with E-state index in [9.17, 15) is 4.79 Å². The van der Waals surface area contributed by atoms with Crippen LogP contribution in [0.3, 0.4) is 0 Å². The molecule has 1 rings (SSSR count). The van der Waals surface area contributed by atoms with Crippen molar-refractivity contribution >= 4 is 23.6 Å². The predicted molar refractivity (Wildman–Crippen MR) is 56.8 cm³/mol. The molecule has 0 bridgehead atoms. The monoisotopic (exact) mass is 216 g/mol. The number of halogens is 1. The van der Waals surface area contributed by atoms with E-state index in [0.29, 0.717) is 10.6 Å². The van der Waals surface area contributed by atoms with E-state index in [1.54, 1.807) is 12.1 Å². The molecule has 2 nitrogen and oxygen atoms in total. The van der Waals surface area contributed by atoms with Crippen LogP contribution in [-0.4, -0.2) is 11.1 Å². The van der Waals surface area contributed by atoms with E-state index in [1.165, 1.54) is 6.08 Å². The number of hydrogen-bond acceptors (Lipinski definition) is 1.